The first kappa shape index (κ1) is 21.5. The van der Waals surface area contributed by atoms with Gasteiger partial charge in [0.1, 0.15) is 11.9 Å². The van der Waals surface area contributed by atoms with Crippen LogP contribution < -0.4 is 0 Å². The first-order chi connectivity index (χ1) is 15.2. The number of benzene rings is 1. The average molecular weight is 498 g/mol. The SMILES string of the molecule is CC(C)(C)c1ccc(C2C3=C(OC4CCC(Br)CC4C3=O)C(=O)N2Cc2ccco2)cc1. The van der Waals surface area contributed by atoms with E-state index in [1.165, 1.54) is 5.56 Å². The predicted molar refractivity (Wildman–Crippen MR) is 124 cm³/mol. The summed E-state index contributed by atoms with van der Waals surface area (Å²) in [5, 5.41) is 0. The van der Waals surface area contributed by atoms with Gasteiger partial charge in [-0.15, -0.1) is 0 Å². The van der Waals surface area contributed by atoms with E-state index in [9.17, 15) is 9.59 Å². The van der Waals surface area contributed by atoms with Crippen LogP contribution in [0, 0.1) is 5.92 Å². The largest absolute Gasteiger partial charge is 0.483 e. The molecule has 0 radical (unpaired) electrons. The van der Waals surface area contributed by atoms with Crippen molar-refractivity contribution in [3.63, 3.8) is 0 Å². The smallest absolute Gasteiger partial charge is 0.290 e. The molecule has 1 aliphatic carbocycles. The molecule has 32 heavy (non-hydrogen) atoms. The fourth-order valence-corrected chi connectivity index (χ4v) is 5.78. The van der Waals surface area contributed by atoms with Gasteiger partial charge in [0.15, 0.2) is 11.5 Å². The standard InChI is InChI=1S/C26H28BrNO4/c1-26(2,3)16-8-6-15(7-9-16)22-21-23(29)19-13-17(27)10-11-20(19)32-24(21)25(30)28(22)14-18-5-4-12-31-18/h4-9,12,17,19-20,22H,10-11,13-14H2,1-3H3. The third-order valence-electron chi connectivity index (χ3n) is 6.88. The van der Waals surface area contributed by atoms with Gasteiger partial charge in [0.05, 0.1) is 30.3 Å². The van der Waals surface area contributed by atoms with E-state index in [2.05, 4.69) is 48.8 Å². The van der Waals surface area contributed by atoms with Gasteiger partial charge in [-0.25, -0.2) is 0 Å². The van der Waals surface area contributed by atoms with Crippen molar-refractivity contribution in [2.24, 2.45) is 5.92 Å². The Labute approximate surface area is 196 Å². The quantitative estimate of drug-likeness (QED) is 0.529. The molecule has 2 aliphatic heterocycles. The lowest BCUT2D eigenvalue weighted by molar-refractivity contribution is -0.135. The molecule has 0 spiro atoms. The molecule has 0 saturated heterocycles. The van der Waals surface area contributed by atoms with Crippen molar-refractivity contribution in [3.05, 3.63) is 70.9 Å². The van der Waals surface area contributed by atoms with Crippen LogP contribution in [-0.2, 0) is 26.3 Å². The van der Waals surface area contributed by atoms with Crippen LogP contribution in [0.1, 0.15) is 63.0 Å². The molecule has 0 bridgehead atoms. The van der Waals surface area contributed by atoms with Crippen LogP contribution >= 0.6 is 15.9 Å². The Morgan fingerprint density at radius 2 is 1.84 bits per heavy atom. The van der Waals surface area contributed by atoms with Gasteiger partial charge in [-0.2, -0.15) is 0 Å². The van der Waals surface area contributed by atoms with E-state index >= 15 is 0 Å². The molecule has 6 heteroatoms. The minimum absolute atomic E-state index is 0.0201. The normalized spacial score (nSPS) is 27.9. The molecular formula is C26H28BrNO4. The molecule has 1 aromatic carbocycles. The third kappa shape index (κ3) is 3.62. The Hall–Kier alpha value is -2.34. The van der Waals surface area contributed by atoms with Crippen LogP contribution in [0.15, 0.2) is 58.4 Å². The lowest BCUT2D eigenvalue weighted by Crippen LogP contribution is -2.41. The van der Waals surface area contributed by atoms with Crippen LogP contribution in [0.25, 0.3) is 0 Å². The number of carbonyl (C=O) groups excluding carboxylic acids is 2. The molecule has 1 fully saturated rings. The number of hydrogen-bond donors (Lipinski definition) is 0. The number of ether oxygens (including phenoxy) is 1. The second-order valence-corrected chi connectivity index (χ2v) is 11.4. The van der Waals surface area contributed by atoms with Crippen LogP contribution in [-0.4, -0.2) is 27.5 Å². The van der Waals surface area contributed by atoms with Gasteiger partial charge in [-0.05, 0) is 47.9 Å². The van der Waals surface area contributed by atoms with Gasteiger partial charge in [0, 0.05) is 4.83 Å². The van der Waals surface area contributed by atoms with Crippen molar-refractivity contribution >= 4 is 27.6 Å². The highest BCUT2D eigenvalue weighted by atomic mass is 79.9. The van der Waals surface area contributed by atoms with E-state index in [-0.39, 0.29) is 41.4 Å². The minimum Gasteiger partial charge on any atom is -0.483 e. The number of rotatable bonds is 3. The van der Waals surface area contributed by atoms with E-state index in [0.717, 1.165) is 24.8 Å². The number of carbonyl (C=O) groups is 2. The second-order valence-electron chi connectivity index (χ2n) is 10.1. The van der Waals surface area contributed by atoms with Crippen LogP contribution in [0.4, 0.5) is 0 Å². The number of ketones is 1. The summed E-state index contributed by atoms with van der Waals surface area (Å²) in [6.45, 7) is 6.80. The van der Waals surface area contributed by atoms with Crippen molar-refractivity contribution in [1.29, 1.82) is 0 Å². The Kier molecular flexibility index (Phi) is 5.31. The summed E-state index contributed by atoms with van der Waals surface area (Å²) >= 11 is 3.69. The molecule has 3 aliphatic rings. The lowest BCUT2D eigenvalue weighted by Gasteiger charge is -2.37. The van der Waals surface area contributed by atoms with Crippen LogP contribution in [0.2, 0.25) is 0 Å². The number of nitrogens with zero attached hydrogens (tertiary/aromatic N) is 1. The summed E-state index contributed by atoms with van der Waals surface area (Å²) in [5.74, 6) is 0.537. The van der Waals surface area contributed by atoms with Crippen LogP contribution in [0.3, 0.4) is 0 Å². The Balaban J connectivity index is 1.57. The van der Waals surface area contributed by atoms with Crippen molar-refractivity contribution in [2.45, 2.75) is 69.0 Å². The zero-order chi connectivity index (χ0) is 22.6. The molecule has 3 heterocycles. The molecule has 4 atom stereocenters. The number of hydrogen-bond acceptors (Lipinski definition) is 4. The van der Waals surface area contributed by atoms with Crippen molar-refractivity contribution in [3.8, 4) is 0 Å². The third-order valence-corrected chi connectivity index (χ3v) is 7.71. The highest BCUT2D eigenvalue weighted by Crippen LogP contribution is 2.48. The monoisotopic (exact) mass is 497 g/mol. The Morgan fingerprint density at radius 1 is 1.09 bits per heavy atom. The van der Waals surface area contributed by atoms with E-state index in [0.29, 0.717) is 16.2 Å². The highest BCUT2D eigenvalue weighted by molar-refractivity contribution is 9.09. The zero-order valence-electron chi connectivity index (χ0n) is 18.6. The molecule has 168 valence electrons. The van der Waals surface area contributed by atoms with Gasteiger partial charge in [0.25, 0.3) is 5.91 Å². The summed E-state index contributed by atoms with van der Waals surface area (Å²) in [4.78, 5) is 29.3. The second kappa shape index (κ2) is 7.91. The number of fused-ring (bicyclic) bond motifs is 1. The van der Waals surface area contributed by atoms with E-state index in [1.807, 2.05) is 24.3 Å². The first-order valence-corrected chi connectivity index (χ1v) is 12.2. The van der Waals surface area contributed by atoms with E-state index in [4.69, 9.17) is 9.15 Å². The Bertz CT molecular complexity index is 1060. The number of halogens is 1. The summed E-state index contributed by atoms with van der Waals surface area (Å²) in [6, 6.07) is 11.4. The van der Waals surface area contributed by atoms with Crippen molar-refractivity contribution in [1.82, 2.24) is 4.90 Å². The molecule has 1 amide bonds. The van der Waals surface area contributed by atoms with Crippen LogP contribution in [0.5, 0.6) is 0 Å². The fraction of sp³-hybridized carbons (Fsp3) is 0.462. The summed E-state index contributed by atoms with van der Waals surface area (Å²) in [7, 11) is 0. The number of alkyl halides is 1. The topological polar surface area (TPSA) is 59.8 Å². The molecule has 1 aromatic heterocycles. The fourth-order valence-electron chi connectivity index (χ4n) is 5.11. The number of Topliss-reactive ketones (excluding diaryl/α,β-unsaturated/α-hetero) is 1. The zero-order valence-corrected chi connectivity index (χ0v) is 20.2. The minimum atomic E-state index is -0.472. The number of furan rings is 1. The van der Waals surface area contributed by atoms with Gasteiger partial charge in [0.2, 0.25) is 0 Å². The lowest BCUT2D eigenvalue weighted by atomic mass is 9.77. The predicted octanol–water partition coefficient (Wildman–Crippen LogP) is 5.45. The van der Waals surface area contributed by atoms with Crippen molar-refractivity contribution < 1.29 is 18.7 Å². The maximum atomic E-state index is 13.7. The van der Waals surface area contributed by atoms with Crippen molar-refractivity contribution in [2.75, 3.05) is 0 Å². The molecular weight excluding hydrogens is 470 g/mol. The first-order valence-electron chi connectivity index (χ1n) is 11.3. The van der Waals surface area contributed by atoms with Gasteiger partial charge < -0.3 is 14.1 Å². The molecule has 1 saturated carbocycles. The molecule has 4 unspecified atom stereocenters. The molecule has 2 aromatic rings. The molecule has 5 rings (SSSR count). The summed E-state index contributed by atoms with van der Waals surface area (Å²) in [5.41, 5.74) is 2.65. The Morgan fingerprint density at radius 3 is 2.50 bits per heavy atom. The van der Waals surface area contributed by atoms with Gasteiger partial charge >= 0.3 is 0 Å². The van der Waals surface area contributed by atoms with E-state index < -0.39 is 6.04 Å². The molecule has 0 N–H and O–H groups in total. The maximum absolute atomic E-state index is 13.7. The summed E-state index contributed by atoms with van der Waals surface area (Å²) in [6.07, 6.45) is 3.84. The van der Waals surface area contributed by atoms with E-state index in [1.54, 1.807) is 11.2 Å². The summed E-state index contributed by atoms with van der Waals surface area (Å²) < 4.78 is 11.8. The maximum Gasteiger partial charge on any atom is 0.290 e. The molecule has 5 nitrogen and oxygen atoms in total. The highest BCUT2D eigenvalue weighted by Gasteiger charge is 2.52. The van der Waals surface area contributed by atoms with Gasteiger partial charge in [-0.1, -0.05) is 61.0 Å². The average Bonchev–Trinajstić information content (AvgIpc) is 3.36. The van der Waals surface area contributed by atoms with Gasteiger partial charge in [-0.3, -0.25) is 9.59 Å². The number of amides is 1.